The van der Waals surface area contributed by atoms with E-state index in [1.807, 2.05) is 34.7 Å². The van der Waals surface area contributed by atoms with E-state index < -0.39 is 40.4 Å². The third kappa shape index (κ3) is 6.84. The molecule has 0 saturated heterocycles. The lowest BCUT2D eigenvalue weighted by Gasteiger charge is -2.44. The van der Waals surface area contributed by atoms with Crippen LogP contribution in [0, 0.1) is 5.92 Å². The molecule has 0 bridgehead atoms. The maximum atomic E-state index is 15.3. The fourth-order valence-corrected chi connectivity index (χ4v) is 5.54. The predicted molar refractivity (Wildman–Crippen MR) is 139 cm³/mol. The average Bonchev–Trinajstić information content (AvgIpc) is 2.74. The fourth-order valence-electron chi connectivity index (χ4n) is 4.07. The first kappa shape index (κ1) is 26.9. The molecule has 0 aromatic rings. The van der Waals surface area contributed by atoms with Gasteiger partial charge >= 0.3 is 0 Å². The van der Waals surface area contributed by atoms with E-state index in [4.69, 9.17) is 0 Å². The zero-order chi connectivity index (χ0) is 23.3. The molecular weight excluding hydrogens is 632 g/mol. The van der Waals surface area contributed by atoms with Crippen LogP contribution in [-0.4, -0.2) is 37.2 Å². The van der Waals surface area contributed by atoms with E-state index in [-0.39, 0.29) is 21.6 Å². The van der Waals surface area contributed by atoms with Gasteiger partial charge in [-0.3, -0.25) is 0 Å². The summed E-state index contributed by atoms with van der Waals surface area (Å²) in [5, 5.41) is 0. The lowest BCUT2D eigenvalue weighted by molar-refractivity contribution is 0.157. The Morgan fingerprint density at radius 1 is 1.35 bits per heavy atom. The van der Waals surface area contributed by atoms with Crippen molar-refractivity contribution in [3.05, 3.63) is 59.9 Å². The highest BCUT2D eigenvalue weighted by Crippen LogP contribution is 2.41. The van der Waals surface area contributed by atoms with Crippen LogP contribution in [0.4, 0.5) is 17.6 Å². The average molecular weight is 663 g/mol. The molecule has 0 aromatic heterocycles. The van der Waals surface area contributed by atoms with Crippen LogP contribution in [-0.2, 0) is 0 Å². The van der Waals surface area contributed by atoms with Gasteiger partial charge in [0, 0.05) is 19.3 Å². The summed E-state index contributed by atoms with van der Waals surface area (Å²) >= 11 is 4.31. The van der Waals surface area contributed by atoms with Crippen molar-refractivity contribution in [3.63, 3.8) is 0 Å². The molecule has 1 nitrogen and oxygen atoms in total. The largest absolute Gasteiger partial charge is 0.353 e. The maximum absolute atomic E-state index is 15.3. The van der Waals surface area contributed by atoms with E-state index >= 15 is 8.78 Å². The van der Waals surface area contributed by atoms with Crippen molar-refractivity contribution >= 4 is 45.2 Å². The zero-order valence-corrected chi connectivity index (χ0v) is 22.5. The number of alkyl halides is 4. The van der Waals surface area contributed by atoms with Crippen LogP contribution in [0.5, 0.6) is 0 Å². The van der Waals surface area contributed by atoms with Gasteiger partial charge in [0.25, 0.3) is 0 Å². The smallest absolute Gasteiger partial charge is 0.177 e. The van der Waals surface area contributed by atoms with Crippen molar-refractivity contribution in [1.29, 1.82) is 0 Å². The number of nitrogens with zero attached hydrogens (tertiary/aromatic N) is 1. The Labute approximate surface area is 211 Å². The molecule has 7 heteroatoms. The Hall–Kier alpha value is -0.320. The molecule has 0 aliphatic heterocycles. The summed E-state index contributed by atoms with van der Waals surface area (Å²) in [4.78, 5) is 1.58. The Kier molecular flexibility index (Phi) is 10.2. The highest BCUT2D eigenvalue weighted by molar-refractivity contribution is 14.1. The van der Waals surface area contributed by atoms with Gasteiger partial charge in [-0.05, 0) is 38.7 Å². The summed E-state index contributed by atoms with van der Waals surface area (Å²) in [5.74, 6) is -2.82. The molecule has 2 aliphatic rings. The summed E-state index contributed by atoms with van der Waals surface area (Å²) in [7, 11) is 0. The van der Waals surface area contributed by atoms with Crippen LogP contribution in [0.1, 0.15) is 46.5 Å². The van der Waals surface area contributed by atoms with Gasteiger partial charge in [-0.15, -0.1) is 0 Å². The van der Waals surface area contributed by atoms with Gasteiger partial charge in [0.1, 0.15) is 18.7 Å². The lowest BCUT2D eigenvalue weighted by atomic mass is 9.86. The van der Waals surface area contributed by atoms with Gasteiger partial charge < -0.3 is 4.90 Å². The lowest BCUT2D eigenvalue weighted by Crippen LogP contribution is -2.49. The normalized spacial score (nSPS) is 31.0. The van der Waals surface area contributed by atoms with Gasteiger partial charge in [0.05, 0.1) is 11.7 Å². The van der Waals surface area contributed by atoms with E-state index in [1.165, 1.54) is 13.0 Å². The molecule has 0 spiro atoms. The summed E-state index contributed by atoms with van der Waals surface area (Å²) in [5.41, 5.74) is 0.631. The second kappa shape index (κ2) is 11.7. The van der Waals surface area contributed by atoms with Crippen LogP contribution in [0.2, 0.25) is 0 Å². The minimum Gasteiger partial charge on any atom is -0.353 e. The van der Waals surface area contributed by atoms with Crippen LogP contribution in [0.15, 0.2) is 59.9 Å². The van der Waals surface area contributed by atoms with Crippen LogP contribution in [0.25, 0.3) is 0 Å². The van der Waals surface area contributed by atoms with Crippen molar-refractivity contribution in [2.75, 3.05) is 6.67 Å². The standard InChI is InChI=1S/C24H31F4I2N/c1-5-24(30)10-6-7-19(13-24)31(21-9-8-15(2)11-20(21)26)17(4)23(28)22(27)16(3)12-18(29)14-25/h6-9,11,16,18-21H,4-5,10,12-14H2,1-3H3/b23-22-/t16-,18?,19?,20?,21?,24-/m1/s1. The SMILES string of the molecule is C=C(/C(F)=C(/F)[C@H](C)CC(I)CF)N(C1C=CC[C@](I)(CC)C1)C1C=CC(C)=CC1F. The summed E-state index contributed by atoms with van der Waals surface area (Å²) in [6, 6.07) is -1.09. The molecule has 6 atom stereocenters. The molecule has 0 fully saturated rings. The summed E-state index contributed by atoms with van der Waals surface area (Å²) in [6.45, 7) is 8.69. The number of hydrogen-bond acceptors (Lipinski definition) is 1. The molecule has 0 radical (unpaired) electrons. The third-order valence-corrected chi connectivity index (χ3v) is 8.50. The molecule has 174 valence electrons. The molecule has 0 heterocycles. The Balaban J connectivity index is 2.41. The minimum atomic E-state index is -1.36. The highest BCUT2D eigenvalue weighted by Gasteiger charge is 2.39. The van der Waals surface area contributed by atoms with E-state index in [1.54, 1.807) is 24.0 Å². The molecule has 0 saturated carbocycles. The van der Waals surface area contributed by atoms with E-state index in [9.17, 15) is 8.78 Å². The van der Waals surface area contributed by atoms with Crippen molar-refractivity contribution in [2.45, 2.75) is 72.1 Å². The number of halogens is 6. The second-order valence-electron chi connectivity index (χ2n) is 8.52. The molecule has 31 heavy (non-hydrogen) atoms. The van der Waals surface area contributed by atoms with Crippen molar-refractivity contribution in [2.24, 2.45) is 5.92 Å². The number of hydrogen-bond donors (Lipinski definition) is 0. The molecule has 2 aliphatic carbocycles. The van der Waals surface area contributed by atoms with E-state index in [2.05, 4.69) is 36.1 Å². The Bertz CT molecular complexity index is 776. The van der Waals surface area contributed by atoms with Crippen LogP contribution < -0.4 is 0 Å². The van der Waals surface area contributed by atoms with Gasteiger partial charge in [-0.2, -0.15) is 0 Å². The van der Waals surface area contributed by atoms with Crippen molar-refractivity contribution in [3.8, 4) is 0 Å². The first-order valence-corrected chi connectivity index (χ1v) is 12.9. The van der Waals surface area contributed by atoms with E-state index in [0.717, 1.165) is 18.4 Å². The van der Waals surface area contributed by atoms with Crippen LogP contribution >= 0.6 is 45.2 Å². The van der Waals surface area contributed by atoms with Gasteiger partial charge in [-0.1, -0.05) is 95.5 Å². The van der Waals surface area contributed by atoms with Crippen molar-refractivity contribution < 1.29 is 17.6 Å². The zero-order valence-electron chi connectivity index (χ0n) is 18.2. The first-order chi connectivity index (χ1) is 14.5. The second-order valence-corrected chi connectivity index (χ2v) is 12.6. The van der Waals surface area contributed by atoms with Gasteiger partial charge in [-0.25, -0.2) is 17.6 Å². The topological polar surface area (TPSA) is 3.24 Å². The van der Waals surface area contributed by atoms with Gasteiger partial charge in [0.15, 0.2) is 5.83 Å². The maximum Gasteiger partial charge on any atom is 0.177 e. The highest BCUT2D eigenvalue weighted by atomic mass is 127. The van der Waals surface area contributed by atoms with Crippen molar-refractivity contribution in [1.82, 2.24) is 4.90 Å². The molecular formula is C24H31F4I2N. The van der Waals surface area contributed by atoms with E-state index in [0.29, 0.717) is 6.42 Å². The first-order valence-electron chi connectivity index (χ1n) is 10.6. The molecule has 0 aromatic carbocycles. The predicted octanol–water partition coefficient (Wildman–Crippen LogP) is 8.28. The third-order valence-electron chi connectivity index (χ3n) is 6.02. The summed E-state index contributed by atoms with van der Waals surface area (Å²) < 4.78 is 57.7. The molecule has 0 N–H and O–H groups in total. The number of rotatable bonds is 9. The Morgan fingerprint density at radius 2 is 2.03 bits per heavy atom. The molecule has 2 rings (SSSR count). The minimum absolute atomic E-state index is 0.0345. The molecule has 0 amide bonds. The molecule has 4 unspecified atom stereocenters. The van der Waals surface area contributed by atoms with Crippen LogP contribution in [0.3, 0.4) is 0 Å². The Morgan fingerprint density at radius 3 is 2.61 bits per heavy atom. The number of allylic oxidation sites excluding steroid dienone is 5. The fraction of sp³-hybridized carbons (Fsp3) is 0.583. The quantitative estimate of drug-likeness (QED) is 0.0790. The monoisotopic (exact) mass is 663 g/mol. The van der Waals surface area contributed by atoms with Gasteiger partial charge in [0.2, 0.25) is 0 Å². The summed E-state index contributed by atoms with van der Waals surface area (Å²) in [6.07, 6.45) is 10.3.